The zero-order chi connectivity index (χ0) is 17.2. The van der Waals surface area contributed by atoms with Crippen molar-refractivity contribution in [2.45, 2.75) is 13.8 Å². The Morgan fingerprint density at radius 3 is 2.35 bits per heavy atom. The van der Waals surface area contributed by atoms with Crippen molar-refractivity contribution >= 4 is 11.9 Å². The molecule has 0 bridgehead atoms. The van der Waals surface area contributed by atoms with E-state index in [2.05, 4.69) is 42.3 Å². The summed E-state index contributed by atoms with van der Waals surface area (Å²) < 4.78 is 5.86. The molecule has 0 aromatic heterocycles. The minimum atomic E-state index is -1.82. The second kappa shape index (κ2) is 9.81. The molecule has 128 valence electrons. The van der Waals surface area contributed by atoms with Crippen LogP contribution >= 0.6 is 0 Å². The van der Waals surface area contributed by atoms with Crippen molar-refractivity contribution in [2.24, 2.45) is 0 Å². The molecule has 2 rings (SSSR count). The minimum Gasteiger partial charge on any atom is -0.492 e. The van der Waals surface area contributed by atoms with Crippen LogP contribution in [0.25, 0.3) is 0 Å². The Hall–Kier alpha value is -2.12. The smallest absolute Gasteiger partial charge is 0.414 e. The molecule has 1 aromatic rings. The van der Waals surface area contributed by atoms with Crippen LogP contribution in [-0.4, -0.2) is 66.4 Å². The Morgan fingerprint density at radius 1 is 1.17 bits per heavy atom. The van der Waals surface area contributed by atoms with Crippen LogP contribution in [0, 0.1) is 13.8 Å². The fourth-order valence-corrected chi connectivity index (χ4v) is 2.08. The summed E-state index contributed by atoms with van der Waals surface area (Å²) in [6.45, 7) is 10.5. The topological polar surface area (TPSA) is 99.1 Å². The molecular weight excluding hydrogens is 300 g/mol. The molecule has 7 heteroatoms. The highest BCUT2D eigenvalue weighted by molar-refractivity contribution is 6.27. The summed E-state index contributed by atoms with van der Waals surface area (Å²) in [7, 11) is 0. The lowest BCUT2D eigenvalue weighted by Gasteiger charge is -2.27. The van der Waals surface area contributed by atoms with Crippen LogP contribution in [0.3, 0.4) is 0 Å². The van der Waals surface area contributed by atoms with Gasteiger partial charge in [0.05, 0.1) is 0 Å². The third-order valence-electron chi connectivity index (χ3n) is 3.40. The minimum absolute atomic E-state index is 0.782. The molecule has 1 fully saturated rings. The molecule has 0 saturated carbocycles. The summed E-state index contributed by atoms with van der Waals surface area (Å²) >= 11 is 0. The van der Waals surface area contributed by atoms with E-state index in [0.717, 1.165) is 45.1 Å². The summed E-state index contributed by atoms with van der Waals surface area (Å²) in [6.07, 6.45) is 0. The fourth-order valence-electron chi connectivity index (χ4n) is 2.08. The molecule has 0 amide bonds. The van der Waals surface area contributed by atoms with Crippen molar-refractivity contribution in [3.8, 4) is 5.75 Å². The summed E-state index contributed by atoms with van der Waals surface area (Å²) in [5.74, 6) is -2.62. The van der Waals surface area contributed by atoms with Crippen LogP contribution in [0.5, 0.6) is 5.75 Å². The quantitative estimate of drug-likeness (QED) is 0.703. The average Bonchev–Trinajstić information content (AvgIpc) is 2.52. The van der Waals surface area contributed by atoms with Gasteiger partial charge in [-0.05, 0) is 31.0 Å². The van der Waals surface area contributed by atoms with Crippen LogP contribution in [0.4, 0.5) is 0 Å². The molecule has 1 heterocycles. The highest BCUT2D eigenvalue weighted by Crippen LogP contribution is 2.18. The largest absolute Gasteiger partial charge is 0.492 e. The molecular formula is C16H24N2O5. The van der Waals surface area contributed by atoms with Crippen LogP contribution in [0.2, 0.25) is 0 Å². The number of aryl methyl sites for hydroxylation is 2. The van der Waals surface area contributed by atoms with Gasteiger partial charge in [0.25, 0.3) is 0 Å². The van der Waals surface area contributed by atoms with E-state index in [1.165, 1.54) is 11.1 Å². The summed E-state index contributed by atoms with van der Waals surface area (Å²) in [6, 6.07) is 6.36. The number of carboxylic acid groups (broad SMARTS) is 2. The first-order valence-electron chi connectivity index (χ1n) is 7.49. The summed E-state index contributed by atoms with van der Waals surface area (Å²) in [4.78, 5) is 20.6. The predicted octanol–water partition coefficient (Wildman–Crippen LogP) is 0.743. The van der Waals surface area contributed by atoms with E-state index in [9.17, 15) is 0 Å². The fraction of sp³-hybridized carbons (Fsp3) is 0.500. The van der Waals surface area contributed by atoms with Crippen molar-refractivity contribution < 1.29 is 24.5 Å². The van der Waals surface area contributed by atoms with Crippen molar-refractivity contribution in [3.05, 3.63) is 29.3 Å². The van der Waals surface area contributed by atoms with E-state index in [1.54, 1.807) is 0 Å². The molecule has 7 nitrogen and oxygen atoms in total. The van der Waals surface area contributed by atoms with Crippen molar-refractivity contribution in [2.75, 3.05) is 39.3 Å². The lowest BCUT2D eigenvalue weighted by atomic mass is 10.1. The van der Waals surface area contributed by atoms with Gasteiger partial charge in [0.1, 0.15) is 12.4 Å². The van der Waals surface area contributed by atoms with E-state index in [1.807, 2.05) is 0 Å². The summed E-state index contributed by atoms with van der Waals surface area (Å²) in [5.41, 5.74) is 2.48. The number of aliphatic carboxylic acids is 2. The predicted molar refractivity (Wildman–Crippen MR) is 86.0 cm³/mol. The van der Waals surface area contributed by atoms with Gasteiger partial charge in [-0.1, -0.05) is 12.1 Å². The van der Waals surface area contributed by atoms with Crippen LogP contribution in [0.15, 0.2) is 18.2 Å². The first-order valence-corrected chi connectivity index (χ1v) is 7.49. The molecule has 1 aliphatic rings. The Bertz CT molecular complexity index is 515. The van der Waals surface area contributed by atoms with E-state index in [4.69, 9.17) is 24.5 Å². The molecule has 23 heavy (non-hydrogen) atoms. The van der Waals surface area contributed by atoms with Crippen molar-refractivity contribution in [1.82, 2.24) is 10.2 Å². The highest BCUT2D eigenvalue weighted by Gasteiger charge is 2.09. The normalized spacial score (nSPS) is 14.5. The van der Waals surface area contributed by atoms with E-state index in [-0.39, 0.29) is 0 Å². The molecule has 1 aromatic carbocycles. The SMILES string of the molecule is Cc1ccc(C)c(OCCN2CCNCC2)c1.O=C(O)C(=O)O. The zero-order valence-corrected chi connectivity index (χ0v) is 13.5. The monoisotopic (exact) mass is 324 g/mol. The van der Waals surface area contributed by atoms with Gasteiger partial charge >= 0.3 is 11.9 Å². The number of piperazine rings is 1. The van der Waals surface area contributed by atoms with E-state index < -0.39 is 11.9 Å². The Kier molecular flexibility index (Phi) is 8.07. The standard InChI is InChI=1S/C14H22N2O.C2H2O4/c1-12-3-4-13(2)14(11-12)17-10-9-16-7-5-15-6-8-16;3-1(4)2(5)6/h3-4,11,15H,5-10H2,1-2H3;(H,3,4)(H,5,6). The number of ether oxygens (including phenoxy) is 1. The van der Waals surface area contributed by atoms with Gasteiger partial charge in [-0.15, -0.1) is 0 Å². The highest BCUT2D eigenvalue weighted by atomic mass is 16.5. The second-order valence-electron chi connectivity index (χ2n) is 5.32. The van der Waals surface area contributed by atoms with Gasteiger partial charge in [-0.25, -0.2) is 9.59 Å². The number of carboxylic acids is 2. The van der Waals surface area contributed by atoms with E-state index >= 15 is 0 Å². The molecule has 0 aliphatic carbocycles. The molecule has 1 saturated heterocycles. The Morgan fingerprint density at radius 2 is 1.78 bits per heavy atom. The van der Waals surface area contributed by atoms with Gasteiger partial charge in [0.15, 0.2) is 0 Å². The average molecular weight is 324 g/mol. The number of hydrogen-bond acceptors (Lipinski definition) is 5. The van der Waals surface area contributed by atoms with Crippen LogP contribution in [0.1, 0.15) is 11.1 Å². The molecule has 0 spiro atoms. The number of rotatable bonds is 4. The van der Waals surface area contributed by atoms with Crippen molar-refractivity contribution in [3.63, 3.8) is 0 Å². The number of nitrogens with one attached hydrogen (secondary N) is 1. The maximum atomic E-state index is 9.10. The van der Waals surface area contributed by atoms with Crippen LogP contribution in [-0.2, 0) is 9.59 Å². The molecule has 0 radical (unpaired) electrons. The maximum absolute atomic E-state index is 9.10. The number of carbonyl (C=O) groups is 2. The first kappa shape index (κ1) is 18.9. The third-order valence-corrected chi connectivity index (χ3v) is 3.40. The van der Waals surface area contributed by atoms with Gasteiger partial charge in [0, 0.05) is 32.7 Å². The summed E-state index contributed by atoms with van der Waals surface area (Å²) in [5, 5.41) is 18.1. The first-order chi connectivity index (χ1) is 10.9. The van der Waals surface area contributed by atoms with Crippen LogP contribution < -0.4 is 10.1 Å². The molecule has 0 unspecified atom stereocenters. The number of nitrogens with zero attached hydrogens (tertiary/aromatic N) is 1. The molecule has 0 atom stereocenters. The van der Waals surface area contributed by atoms with E-state index in [0.29, 0.717) is 0 Å². The van der Waals surface area contributed by atoms with Gasteiger partial charge in [0.2, 0.25) is 0 Å². The van der Waals surface area contributed by atoms with Gasteiger partial charge in [-0.2, -0.15) is 0 Å². The number of hydrogen-bond donors (Lipinski definition) is 3. The zero-order valence-electron chi connectivity index (χ0n) is 13.5. The number of benzene rings is 1. The second-order valence-corrected chi connectivity index (χ2v) is 5.32. The maximum Gasteiger partial charge on any atom is 0.414 e. The molecule has 3 N–H and O–H groups in total. The third kappa shape index (κ3) is 7.62. The lowest BCUT2D eigenvalue weighted by Crippen LogP contribution is -2.44. The molecule has 1 aliphatic heterocycles. The van der Waals surface area contributed by atoms with Gasteiger partial charge in [-0.3, -0.25) is 4.90 Å². The van der Waals surface area contributed by atoms with Crippen molar-refractivity contribution in [1.29, 1.82) is 0 Å². The Labute approximate surface area is 135 Å². The van der Waals surface area contributed by atoms with Gasteiger partial charge < -0.3 is 20.3 Å². The Balaban J connectivity index is 0.000000379. The lowest BCUT2D eigenvalue weighted by molar-refractivity contribution is -0.159.